The summed E-state index contributed by atoms with van der Waals surface area (Å²) in [7, 11) is 0. The fourth-order valence-electron chi connectivity index (χ4n) is 2.48. The summed E-state index contributed by atoms with van der Waals surface area (Å²) in [5.41, 5.74) is -0.146. The van der Waals surface area contributed by atoms with E-state index in [0.717, 1.165) is 23.0 Å². The van der Waals surface area contributed by atoms with E-state index in [4.69, 9.17) is 0 Å². The Morgan fingerprint density at radius 2 is 1.81 bits per heavy atom. The number of aromatic nitrogens is 2. The molecule has 0 radical (unpaired) electrons. The maximum absolute atomic E-state index is 12.5. The Morgan fingerprint density at radius 1 is 1.04 bits per heavy atom. The normalized spacial score (nSPS) is 11.5. The van der Waals surface area contributed by atoms with Crippen LogP contribution < -0.4 is 5.32 Å². The van der Waals surface area contributed by atoms with Crippen molar-refractivity contribution in [3.63, 3.8) is 0 Å². The molecule has 3 rings (SSSR count). The number of benzene rings is 1. The van der Waals surface area contributed by atoms with Crippen molar-refractivity contribution >= 4 is 28.5 Å². The van der Waals surface area contributed by atoms with Gasteiger partial charge in [0.25, 0.3) is 0 Å². The Hall–Kier alpha value is -3.16. The Labute approximate surface area is 146 Å². The number of carbonyl (C=O) groups is 2. The van der Waals surface area contributed by atoms with E-state index >= 15 is 0 Å². The lowest BCUT2D eigenvalue weighted by atomic mass is 10.2. The molecule has 0 saturated carbocycles. The number of nitrogens with zero attached hydrogens (tertiary/aromatic N) is 2. The van der Waals surface area contributed by atoms with E-state index in [1.54, 1.807) is 18.3 Å². The fourth-order valence-corrected chi connectivity index (χ4v) is 2.48. The number of nitrogens with one attached hydrogen (secondary N) is 1. The standard InChI is InChI=1S/C18H14F3N3O2/c19-18(20,21)13-5-6-15(22-11-13)23-16(25)7-8-17(26)24-10-9-12-3-1-2-4-14(12)24/h1-6,9-11H,7-8H2,(H,22,23,25). The topological polar surface area (TPSA) is 64.0 Å². The van der Waals surface area contributed by atoms with Gasteiger partial charge in [-0.05, 0) is 24.3 Å². The largest absolute Gasteiger partial charge is 0.417 e. The molecule has 1 aromatic carbocycles. The second-order valence-corrected chi connectivity index (χ2v) is 5.62. The molecule has 0 bridgehead atoms. The van der Waals surface area contributed by atoms with Gasteiger partial charge in [-0.1, -0.05) is 18.2 Å². The van der Waals surface area contributed by atoms with E-state index in [-0.39, 0.29) is 24.6 Å². The first-order valence-corrected chi connectivity index (χ1v) is 7.77. The molecule has 0 unspecified atom stereocenters. The molecule has 0 aliphatic carbocycles. The van der Waals surface area contributed by atoms with Crippen molar-refractivity contribution in [2.24, 2.45) is 0 Å². The van der Waals surface area contributed by atoms with Gasteiger partial charge < -0.3 is 5.32 Å². The van der Waals surface area contributed by atoms with Crippen LogP contribution in [0.3, 0.4) is 0 Å². The maximum atomic E-state index is 12.5. The number of carbonyl (C=O) groups excluding carboxylic acids is 2. The molecule has 0 aliphatic heterocycles. The van der Waals surface area contributed by atoms with Crippen LogP contribution in [0.5, 0.6) is 0 Å². The van der Waals surface area contributed by atoms with Gasteiger partial charge in [-0.25, -0.2) is 4.98 Å². The highest BCUT2D eigenvalue weighted by Crippen LogP contribution is 2.28. The lowest BCUT2D eigenvalue weighted by Crippen LogP contribution is -2.17. The first kappa shape index (κ1) is 17.7. The molecule has 0 spiro atoms. The van der Waals surface area contributed by atoms with Crippen LogP contribution in [0.15, 0.2) is 54.9 Å². The minimum atomic E-state index is -4.48. The van der Waals surface area contributed by atoms with Gasteiger partial charge >= 0.3 is 6.18 Å². The average molecular weight is 361 g/mol. The fraction of sp³-hybridized carbons (Fsp3) is 0.167. The van der Waals surface area contributed by atoms with Gasteiger partial charge in [-0.15, -0.1) is 0 Å². The van der Waals surface area contributed by atoms with Gasteiger partial charge in [0.2, 0.25) is 11.8 Å². The van der Waals surface area contributed by atoms with Crippen LogP contribution in [0.2, 0.25) is 0 Å². The van der Waals surface area contributed by atoms with Gasteiger partial charge in [0.05, 0.1) is 11.1 Å². The lowest BCUT2D eigenvalue weighted by molar-refractivity contribution is -0.137. The molecule has 0 saturated heterocycles. The van der Waals surface area contributed by atoms with Gasteiger partial charge in [0.1, 0.15) is 5.82 Å². The van der Waals surface area contributed by atoms with Gasteiger partial charge in [-0.3, -0.25) is 14.2 Å². The van der Waals surface area contributed by atoms with E-state index in [1.165, 1.54) is 4.57 Å². The predicted molar refractivity (Wildman–Crippen MR) is 89.7 cm³/mol. The molecule has 2 heterocycles. The molecular weight excluding hydrogens is 347 g/mol. The monoisotopic (exact) mass is 361 g/mol. The summed E-state index contributed by atoms with van der Waals surface area (Å²) in [6.07, 6.45) is -2.34. The zero-order valence-electron chi connectivity index (χ0n) is 13.5. The van der Waals surface area contributed by atoms with Crippen molar-refractivity contribution in [2.45, 2.75) is 19.0 Å². The number of anilines is 1. The Bertz CT molecular complexity index is 946. The van der Waals surface area contributed by atoms with Crippen LogP contribution >= 0.6 is 0 Å². The second kappa shape index (κ2) is 6.99. The summed E-state index contributed by atoms with van der Waals surface area (Å²) >= 11 is 0. The molecule has 5 nitrogen and oxygen atoms in total. The van der Waals surface area contributed by atoms with Crippen molar-refractivity contribution in [1.29, 1.82) is 0 Å². The number of rotatable bonds is 4. The molecule has 134 valence electrons. The molecule has 0 atom stereocenters. The molecular formula is C18H14F3N3O2. The minimum absolute atomic E-state index is 0.00172. The molecule has 26 heavy (non-hydrogen) atoms. The number of hydrogen-bond donors (Lipinski definition) is 1. The zero-order chi connectivity index (χ0) is 18.7. The number of hydrogen-bond acceptors (Lipinski definition) is 3. The SMILES string of the molecule is O=C(CCC(=O)n1ccc2ccccc21)Nc1ccc(C(F)(F)F)cn1. The lowest BCUT2D eigenvalue weighted by Gasteiger charge is -2.08. The van der Waals surface area contributed by atoms with Crippen LogP contribution in [0.1, 0.15) is 23.2 Å². The highest BCUT2D eigenvalue weighted by atomic mass is 19.4. The van der Waals surface area contributed by atoms with Crippen molar-refractivity contribution in [1.82, 2.24) is 9.55 Å². The zero-order valence-corrected chi connectivity index (χ0v) is 13.5. The number of alkyl halides is 3. The van der Waals surface area contributed by atoms with Crippen molar-refractivity contribution in [3.05, 3.63) is 60.4 Å². The number of para-hydroxylation sites is 1. The summed E-state index contributed by atoms with van der Waals surface area (Å²) in [4.78, 5) is 27.7. The summed E-state index contributed by atoms with van der Waals surface area (Å²) in [6.45, 7) is 0. The van der Waals surface area contributed by atoms with Crippen LogP contribution in [-0.4, -0.2) is 21.4 Å². The maximum Gasteiger partial charge on any atom is 0.417 e. The van der Waals surface area contributed by atoms with E-state index in [1.807, 2.05) is 18.2 Å². The molecule has 0 fully saturated rings. The summed E-state index contributed by atoms with van der Waals surface area (Å²) in [5, 5.41) is 3.30. The summed E-state index contributed by atoms with van der Waals surface area (Å²) < 4.78 is 38.9. The highest BCUT2D eigenvalue weighted by molar-refractivity contribution is 5.96. The third kappa shape index (κ3) is 3.90. The number of pyridine rings is 1. The molecule has 1 amide bonds. The Kier molecular flexibility index (Phi) is 4.75. The van der Waals surface area contributed by atoms with Crippen molar-refractivity contribution < 1.29 is 22.8 Å². The van der Waals surface area contributed by atoms with Crippen LogP contribution in [-0.2, 0) is 11.0 Å². The summed E-state index contributed by atoms with van der Waals surface area (Å²) in [6, 6.07) is 11.1. The number of amides is 1. The first-order valence-electron chi connectivity index (χ1n) is 7.77. The predicted octanol–water partition coefficient (Wildman–Crippen LogP) is 4.11. The third-order valence-corrected chi connectivity index (χ3v) is 3.79. The molecule has 2 aromatic heterocycles. The second-order valence-electron chi connectivity index (χ2n) is 5.62. The average Bonchev–Trinajstić information content (AvgIpc) is 3.03. The van der Waals surface area contributed by atoms with Crippen LogP contribution in [0, 0.1) is 0 Å². The van der Waals surface area contributed by atoms with E-state index < -0.39 is 17.6 Å². The van der Waals surface area contributed by atoms with E-state index in [0.29, 0.717) is 6.20 Å². The van der Waals surface area contributed by atoms with Crippen molar-refractivity contribution in [3.8, 4) is 0 Å². The van der Waals surface area contributed by atoms with Crippen LogP contribution in [0.25, 0.3) is 10.9 Å². The molecule has 1 N–H and O–H groups in total. The van der Waals surface area contributed by atoms with E-state index in [2.05, 4.69) is 10.3 Å². The molecule has 8 heteroatoms. The molecule has 0 aliphatic rings. The van der Waals surface area contributed by atoms with Gasteiger partial charge in [0.15, 0.2) is 0 Å². The first-order chi connectivity index (χ1) is 12.3. The number of fused-ring (bicyclic) bond motifs is 1. The Morgan fingerprint density at radius 3 is 2.50 bits per heavy atom. The van der Waals surface area contributed by atoms with E-state index in [9.17, 15) is 22.8 Å². The van der Waals surface area contributed by atoms with Gasteiger partial charge in [0, 0.05) is 30.6 Å². The number of halogens is 3. The minimum Gasteiger partial charge on any atom is -0.311 e. The van der Waals surface area contributed by atoms with Crippen LogP contribution in [0.4, 0.5) is 19.0 Å². The Balaban J connectivity index is 1.58. The van der Waals surface area contributed by atoms with Gasteiger partial charge in [-0.2, -0.15) is 13.2 Å². The smallest absolute Gasteiger partial charge is 0.311 e. The highest BCUT2D eigenvalue weighted by Gasteiger charge is 2.30. The molecule has 3 aromatic rings. The quantitative estimate of drug-likeness (QED) is 0.760. The third-order valence-electron chi connectivity index (χ3n) is 3.79. The van der Waals surface area contributed by atoms with Crippen molar-refractivity contribution in [2.75, 3.05) is 5.32 Å². The summed E-state index contributed by atoms with van der Waals surface area (Å²) in [5.74, 6) is -0.745.